The van der Waals surface area contributed by atoms with Crippen LogP contribution in [-0.4, -0.2) is 46.1 Å². The van der Waals surface area contributed by atoms with Gasteiger partial charge in [0.1, 0.15) is 0 Å². The summed E-state index contributed by atoms with van der Waals surface area (Å²) in [6.45, 7) is 1.85. The molecule has 0 aliphatic carbocycles. The first-order valence-electron chi connectivity index (χ1n) is 7.73. The third-order valence-corrected chi connectivity index (χ3v) is 4.58. The minimum absolute atomic E-state index is 0. The van der Waals surface area contributed by atoms with E-state index in [1.165, 1.54) is 0 Å². The Morgan fingerprint density at radius 3 is 2.71 bits per heavy atom. The van der Waals surface area contributed by atoms with Gasteiger partial charge in [0.15, 0.2) is 11.5 Å². The summed E-state index contributed by atoms with van der Waals surface area (Å²) in [4.78, 5) is 18.8. The highest BCUT2D eigenvalue weighted by molar-refractivity contribution is 5.93. The van der Waals surface area contributed by atoms with Crippen LogP contribution in [0.25, 0.3) is 11.3 Å². The Hall–Kier alpha value is -1.63. The molecule has 2 aliphatic rings. The lowest BCUT2D eigenvalue weighted by molar-refractivity contribution is 0.0669. The average Bonchev–Trinajstić information content (AvgIpc) is 3.12. The Labute approximate surface area is 152 Å². The number of fused-ring (bicyclic) bond motifs is 2. The molecule has 8 heteroatoms. The number of carbonyl (C=O) groups is 1. The SMILES string of the molecule is Cl.Cl.O=C(c1cc(-c2ccncc2)on1)N1C2CCNCC1CC2. The standard InChI is InChI=1S/C16H18N4O2.2ClH/c21-16(20-12-1-2-13(20)10-18-8-5-12)14-9-15(22-19-14)11-3-6-17-7-4-11;;/h3-4,6-7,9,12-13,18H,1-2,5,8,10H2;2*1H. The van der Waals surface area contributed by atoms with Gasteiger partial charge in [-0.1, -0.05) is 5.16 Å². The number of aromatic nitrogens is 2. The van der Waals surface area contributed by atoms with E-state index in [4.69, 9.17) is 4.52 Å². The monoisotopic (exact) mass is 370 g/mol. The quantitative estimate of drug-likeness (QED) is 0.879. The van der Waals surface area contributed by atoms with Crippen molar-refractivity contribution in [3.8, 4) is 11.3 Å². The fourth-order valence-corrected chi connectivity index (χ4v) is 3.47. The molecular weight excluding hydrogens is 351 g/mol. The molecule has 1 amide bonds. The number of hydrogen-bond acceptors (Lipinski definition) is 5. The Morgan fingerprint density at radius 2 is 1.92 bits per heavy atom. The van der Waals surface area contributed by atoms with Gasteiger partial charge in [0, 0.05) is 42.7 Å². The van der Waals surface area contributed by atoms with E-state index in [0.29, 0.717) is 17.5 Å². The van der Waals surface area contributed by atoms with E-state index in [-0.39, 0.29) is 36.8 Å². The first kappa shape index (κ1) is 18.7. The van der Waals surface area contributed by atoms with Crippen LogP contribution in [-0.2, 0) is 0 Å². The molecule has 130 valence electrons. The third kappa shape index (κ3) is 3.41. The molecule has 24 heavy (non-hydrogen) atoms. The molecule has 6 nitrogen and oxygen atoms in total. The van der Waals surface area contributed by atoms with Crippen molar-refractivity contribution in [3.63, 3.8) is 0 Å². The lowest BCUT2D eigenvalue weighted by Crippen LogP contribution is -2.42. The van der Waals surface area contributed by atoms with Crippen LogP contribution in [0.15, 0.2) is 35.1 Å². The minimum Gasteiger partial charge on any atom is -0.355 e. The fraction of sp³-hybridized carbons (Fsp3) is 0.438. The summed E-state index contributed by atoms with van der Waals surface area (Å²) in [5, 5.41) is 7.39. The van der Waals surface area contributed by atoms with Crippen molar-refractivity contribution in [1.82, 2.24) is 20.4 Å². The number of hydrogen-bond donors (Lipinski definition) is 1. The topological polar surface area (TPSA) is 71.3 Å². The van der Waals surface area contributed by atoms with Crippen molar-refractivity contribution < 1.29 is 9.32 Å². The number of halogens is 2. The van der Waals surface area contributed by atoms with Crippen molar-refractivity contribution >= 4 is 30.7 Å². The summed E-state index contributed by atoms with van der Waals surface area (Å²) in [5.41, 5.74) is 1.27. The fourth-order valence-electron chi connectivity index (χ4n) is 3.47. The molecule has 2 saturated heterocycles. The van der Waals surface area contributed by atoms with Crippen molar-refractivity contribution in [2.75, 3.05) is 13.1 Å². The molecule has 2 aromatic heterocycles. The van der Waals surface area contributed by atoms with Gasteiger partial charge in [-0.15, -0.1) is 24.8 Å². The summed E-state index contributed by atoms with van der Waals surface area (Å²) < 4.78 is 5.34. The molecule has 1 N–H and O–H groups in total. The predicted octanol–water partition coefficient (Wildman–Crippen LogP) is 2.55. The van der Waals surface area contributed by atoms with Gasteiger partial charge in [0.05, 0.1) is 0 Å². The third-order valence-electron chi connectivity index (χ3n) is 4.58. The predicted molar refractivity (Wildman–Crippen MR) is 94.7 cm³/mol. The average molecular weight is 371 g/mol. The number of amides is 1. The van der Waals surface area contributed by atoms with Gasteiger partial charge in [-0.2, -0.15) is 0 Å². The largest absolute Gasteiger partial charge is 0.355 e. The van der Waals surface area contributed by atoms with Gasteiger partial charge < -0.3 is 14.7 Å². The summed E-state index contributed by atoms with van der Waals surface area (Å²) in [7, 11) is 0. The van der Waals surface area contributed by atoms with Crippen molar-refractivity contribution in [1.29, 1.82) is 0 Å². The smallest absolute Gasteiger partial charge is 0.276 e. The molecule has 2 unspecified atom stereocenters. The number of pyridine rings is 1. The molecule has 0 saturated carbocycles. The lowest BCUT2D eigenvalue weighted by Gasteiger charge is -2.26. The van der Waals surface area contributed by atoms with Crippen LogP contribution < -0.4 is 5.32 Å². The molecule has 4 heterocycles. The molecular formula is C16H20Cl2N4O2. The van der Waals surface area contributed by atoms with E-state index < -0.39 is 0 Å². The number of nitrogens with one attached hydrogen (secondary N) is 1. The zero-order chi connectivity index (χ0) is 14.9. The highest BCUT2D eigenvalue weighted by Gasteiger charge is 2.39. The molecule has 4 rings (SSSR count). The molecule has 0 spiro atoms. The number of carbonyl (C=O) groups excluding carboxylic acids is 1. The second kappa shape index (κ2) is 7.96. The van der Waals surface area contributed by atoms with Crippen LogP contribution in [0, 0.1) is 0 Å². The molecule has 2 bridgehead atoms. The maximum Gasteiger partial charge on any atom is 0.276 e. The zero-order valence-corrected chi connectivity index (χ0v) is 14.7. The zero-order valence-electron chi connectivity index (χ0n) is 13.1. The van der Waals surface area contributed by atoms with Crippen LogP contribution >= 0.6 is 24.8 Å². The van der Waals surface area contributed by atoms with E-state index in [1.54, 1.807) is 18.5 Å². The van der Waals surface area contributed by atoms with Gasteiger partial charge in [-0.25, -0.2) is 0 Å². The molecule has 2 aliphatic heterocycles. The second-order valence-electron chi connectivity index (χ2n) is 5.90. The van der Waals surface area contributed by atoms with Crippen molar-refractivity contribution in [2.45, 2.75) is 31.3 Å². The lowest BCUT2D eigenvalue weighted by atomic mass is 10.1. The summed E-state index contributed by atoms with van der Waals surface area (Å²) in [6.07, 6.45) is 6.56. The Morgan fingerprint density at radius 1 is 1.17 bits per heavy atom. The Bertz CT molecular complexity index is 666. The van der Waals surface area contributed by atoms with Crippen LogP contribution in [0.4, 0.5) is 0 Å². The number of rotatable bonds is 2. The summed E-state index contributed by atoms with van der Waals surface area (Å²) in [6, 6.07) is 6.02. The first-order valence-corrected chi connectivity index (χ1v) is 7.73. The minimum atomic E-state index is -0.0137. The Kier molecular flexibility index (Phi) is 6.21. The second-order valence-corrected chi connectivity index (χ2v) is 5.90. The van der Waals surface area contributed by atoms with E-state index in [9.17, 15) is 4.79 Å². The van der Waals surface area contributed by atoms with Crippen LogP contribution in [0.2, 0.25) is 0 Å². The normalized spacial score (nSPS) is 22.2. The highest BCUT2D eigenvalue weighted by atomic mass is 35.5. The number of nitrogens with zero attached hydrogens (tertiary/aromatic N) is 3. The summed E-state index contributed by atoms with van der Waals surface area (Å²) in [5.74, 6) is 0.589. The Balaban J connectivity index is 0.00000104. The van der Waals surface area contributed by atoms with Gasteiger partial charge in [-0.05, 0) is 37.9 Å². The molecule has 2 aromatic rings. The first-order chi connectivity index (χ1) is 10.8. The van der Waals surface area contributed by atoms with E-state index in [0.717, 1.165) is 37.9 Å². The molecule has 0 aromatic carbocycles. The summed E-state index contributed by atoms with van der Waals surface area (Å²) >= 11 is 0. The van der Waals surface area contributed by atoms with Gasteiger partial charge >= 0.3 is 0 Å². The van der Waals surface area contributed by atoms with Gasteiger partial charge in [-0.3, -0.25) is 9.78 Å². The van der Waals surface area contributed by atoms with Crippen LogP contribution in [0.3, 0.4) is 0 Å². The van der Waals surface area contributed by atoms with E-state index >= 15 is 0 Å². The van der Waals surface area contributed by atoms with Crippen LogP contribution in [0.1, 0.15) is 29.8 Å². The van der Waals surface area contributed by atoms with Crippen molar-refractivity contribution in [3.05, 3.63) is 36.3 Å². The maximum absolute atomic E-state index is 12.8. The van der Waals surface area contributed by atoms with E-state index in [1.807, 2.05) is 17.0 Å². The van der Waals surface area contributed by atoms with Gasteiger partial charge in [0.2, 0.25) is 0 Å². The van der Waals surface area contributed by atoms with E-state index in [2.05, 4.69) is 15.5 Å². The maximum atomic E-state index is 12.8. The molecule has 2 fully saturated rings. The van der Waals surface area contributed by atoms with Gasteiger partial charge in [0.25, 0.3) is 5.91 Å². The molecule has 2 atom stereocenters. The van der Waals surface area contributed by atoms with Crippen LogP contribution in [0.5, 0.6) is 0 Å². The highest BCUT2D eigenvalue weighted by Crippen LogP contribution is 2.30. The molecule has 0 radical (unpaired) electrons. The van der Waals surface area contributed by atoms with Crippen molar-refractivity contribution in [2.24, 2.45) is 0 Å².